The molecule has 0 unspecified atom stereocenters. The third-order valence-electron chi connectivity index (χ3n) is 3.79. The van der Waals surface area contributed by atoms with Crippen LogP contribution in [0, 0.1) is 6.92 Å². The van der Waals surface area contributed by atoms with Crippen molar-refractivity contribution < 1.29 is 4.79 Å². The summed E-state index contributed by atoms with van der Waals surface area (Å²) in [5, 5.41) is 5.40. The molecule has 1 aromatic carbocycles. The summed E-state index contributed by atoms with van der Waals surface area (Å²) in [6.45, 7) is 2.78. The van der Waals surface area contributed by atoms with Gasteiger partial charge in [0.25, 0.3) is 0 Å². The van der Waals surface area contributed by atoms with Gasteiger partial charge in [0.15, 0.2) is 0 Å². The number of aryl methyl sites for hydroxylation is 1. The number of carbonyl (C=O) groups is 1. The highest BCUT2D eigenvalue weighted by Gasteiger charge is 2.28. The summed E-state index contributed by atoms with van der Waals surface area (Å²) in [5.41, 5.74) is 3.58. The van der Waals surface area contributed by atoms with Crippen molar-refractivity contribution in [2.45, 2.75) is 25.9 Å². The summed E-state index contributed by atoms with van der Waals surface area (Å²) in [6.07, 6.45) is 0.781. The number of hydrogen-bond donors (Lipinski definition) is 1. The molecule has 1 aromatic heterocycles. The van der Waals surface area contributed by atoms with E-state index in [1.165, 1.54) is 16.0 Å². The van der Waals surface area contributed by atoms with Crippen LogP contribution in [0.15, 0.2) is 35.7 Å². The van der Waals surface area contributed by atoms with Crippen molar-refractivity contribution in [2.24, 2.45) is 0 Å². The van der Waals surface area contributed by atoms with Crippen LogP contribution in [0.3, 0.4) is 0 Å². The Hall–Kier alpha value is -1.81. The van der Waals surface area contributed by atoms with Crippen LogP contribution < -0.4 is 5.32 Å². The van der Waals surface area contributed by atoms with Crippen molar-refractivity contribution in [2.75, 3.05) is 12.4 Å². The van der Waals surface area contributed by atoms with Gasteiger partial charge in [0, 0.05) is 24.0 Å². The molecule has 3 nitrogen and oxygen atoms in total. The zero-order valence-electron chi connectivity index (χ0n) is 11.7. The number of amides is 1. The van der Waals surface area contributed by atoms with Gasteiger partial charge in [-0.2, -0.15) is 0 Å². The standard InChI is InChI=1S/C16H18N2OS/c1-11-7-8-20-15(11)10-18(2)16(19)14-9-12-5-3-4-6-13(12)17-14/h3-8,14,17H,9-10H2,1-2H3/t14-/m0/s1. The van der Waals surface area contributed by atoms with Crippen molar-refractivity contribution in [1.82, 2.24) is 4.90 Å². The Kier molecular flexibility index (Phi) is 3.49. The molecule has 104 valence electrons. The Bertz CT molecular complexity index is 610. The Balaban J connectivity index is 1.67. The lowest BCUT2D eigenvalue weighted by Gasteiger charge is -2.21. The Morgan fingerprint density at radius 3 is 2.90 bits per heavy atom. The fraction of sp³-hybridized carbons (Fsp3) is 0.312. The predicted octanol–water partition coefficient (Wildman–Crippen LogP) is 3.05. The summed E-state index contributed by atoms with van der Waals surface area (Å²) >= 11 is 1.71. The first-order chi connectivity index (χ1) is 9.65. The van der Waals surface area contributed by atoms with E-state index in [1.54, 1.807) is 11.3 Å². The molecule has 3 rings (SSSR count). The van der Waals surface area contributed by atoms with Gasteiger partial charge in [-0.05, 0) is 35.6 Å². The lowest BCUT2D eigenvalue weighted by Crippen LogP contribution is -2.39. The van der Waals surface area contributed by atoms with Crippen LogP contribution in [-0.2, 0) is 17.8 Å². The van der Waals surface area contributed by atoms with E-state index in [4.69, 9.17) is 0 Å². The molecule has 2 aromatic rings. The number of para-hydroxylation sites is 1. The largest absolute Gasteiger partial charge is 0.373 e. The molecule has 0 spiro atoms. The maximum atomic E-state index is 12.5. The van der Waals surface area contributed by atoms with Crippen LogP contribution >= 0.6 is 11.3 Å². The molecular formula is C16H18N2OS. The van der Waals surface area contributed by atoms with Crippen molar-refractivity contribution in [3.63, 3.8) is 0 Å². The molecule has 4 heteroatoms. The van der Waals surface area contributed by atoms with Crippen LogP contribution in [0.1, 0.15) is 16.0 Å². The average molecular weight is 286 g/mol. The van der Waals surface area contributed by atoms with E-state index in [0.717, 1.165) is 12.1 Å². The smallest absolute Gasteiger partial charge is 0.245 e. The van der Waals surface area contributed by atoms with E-state index in [-0.39, 0.29) is 11.9 Å². The molecule has 1 aliphatic rings. The van der Waals surface area contributed by atoms with Crippen LogP contribution in [-0.4, -0.2) is 23.9 Å². The molecule has 1 aliphatic heterocycles. The van der Waals surface area contributed by atoms with E-state index in [9.17, 15) is 4.79 Å². The fourth-order valence-electron chi connectivity index (χ4n) is 2.57. The monoisotopic (exact) mass is 286 g/mol. The number of anilines is 1. The van der Waals surface area contributed by atoms with Gasteiger partial charge >= 0.3 is 0 Å². The molecule has 2 heterocycles. The molecule has 0 fully saturated rings. The maximum absolute atomic E-state index is 12.5. The van der Waals surface area contributed by atoms with E-state index < -0.39 is 0 Å². The average Bonchev–Trinajstić information content (AvgIpc) is 3.04. The highest BCUT2D eigenvalue weighted by molar-refractivity contribution is 7.10. The minimum absolute atomic E-state index is 0.127. The molecule has 0 radical (unpaired) electrons. The van der Waals surface area contributed by atoms with Gasteiger partial charge < -0.3 is 10.2 Å². The van der Waals surface area contributed by atoms with Gasteiger partial charge in [0.05, 0.1) is 6.54 Å². The molecule has 20 heavy (non-hydrogen) atoms. The second kappa shape index (κ2) is 5.29. The molecule has 1 amide bonds. The number of hydrogen-bond acceptors (Lipinski definition) is 3. The van der Waals surface area contributed by atoms with E-state index >= 15 is 0 Å². The SMILES string of the molecule is Cc1ccsc1CN(C)C(=O)[C@@H]1Cc2ccccc2N1. The number of fused-ring (bicyclic) bond motifs is 1. The van der Waals surface area contributed by atoms with Crippen molar-refractivity contribution in [1.29, 1.82) is 0 Å². The van der Waals surface area contributed by atoms with Crippen molar-refractivity contribution in [3.05, 3.63) is 51.7 Å². The number of likely N-dealkylation sites (N-methyl/N-ethyl adjacent to an activating group) is 1. The molecular weight excluding hydrogens is 268 g/mol. The van der Waals surface area contributed by atoms with Gasteiger partial charge in [0.1, 0.15) is 6.04 Å². The number of thiophene rings is 1. The van der Waals surface area contributed by atoms with Gasteiger partial charge in [-0.15, -0.1) is 11.3 Å². The first kappa shape index (κ1) is 13.2. The minimum atomic E-state index is -0.127. The first-order valence-electron chi connectivity index (χ1n) is 6.77. The first-order valence-corrected chi connectivity index (χ1v) is 7.65. The third kappa shape index (κ3) is 2.43. The zero-order chi connectivity index (χ0) is 14.1. The fourth-order valence-corrected chi connectivity index (χ4v) is 3.53. The number of carbonyl (C=O) groups excluding carboxylic acids is 1. The van der Waals surface area contributed by atoms with Gasteiger partial charge in [-0.1, -0.05) is 18.2 Å². The zero-order valence-corrected chi connectivity index (χ0v) is 12.5. The molecule has 0 saturated carbocycles. The van der Waals surface area contributed by atoms with Crippen LogP contribution in [0.25, 0.3) is 0 Å². The van der Waals surface area contributed by atoms with Crippen LogP contribution in [0.2, 0.25) is 0 Å². The van der Waals surface area contributed by atoms with E-state index in [1.807, 2.05) is 30.1 Å². The lowest BCUT2D eigenvalue weighted by atomic mass is 10.1. The molecule has 0 bridgehead atoms. The normalized spacial score (nSPS) is 16.6. The number of nitrogens with zero attached hydrogens (tertiary/aromatic N) is 1. The summed E-state index contributed by atoms with van der Waals surface area (Å²) < 4.78 is 0. The molecule has 0 aliphatic carbocycles. The quantitative estimate of drug-likeness (QED) is 0.940. The van der Waals surface area contributed by atoms with Crippen molar-refractivity contribution in [3.8, 4) is 0 Å². The van der Waals surface area contributed by atoms with Gasteiger partial charge in [-0.3, -0.25) is 4.79 Å². The predicted molar refractivity (Wildman–Crippen MR) is 83.1 cm³/mol. The summed E-state index contributed by atoms with van der Waals surface area (Å²) in [7, 11) is 1.88. The highest BCUT2D eigenvalue weighted by atomic mass is 32.1. The number of benzene rings is 1. The second-order valence-corrected chi connectivity index (χ2v) is 6.28. The molecule has 0 saturated heterocycles. The topological polar surface area (TPSA) is 32.3 Å². The highest BCUT2D eigenvalue weighted by Crippen LogP contribution is 2.26. The third-order valence-corrected chi connectivity index (χ3v) is 4.80. The van der Waals surface area contributed by atoms with E-state index in [0.29, 0.717) is 6.54 Å². The Morgan fingerprint density at radius 2 is 2.20 bits per heavy atom. The number of rotatable bonds is 3. The summed E-state index contributed by atoms with van der Waals surface area (Å²) in [4.78, 5) is 15.6. The molecule has 1 atom stereocenters. The van der Waals surface area contributed by atoms with Crippen LogP contribution in [0.5, 0.6) is 0 Å². The van der Waals surface area contributed by atoms with Gasteiger partial charge in [-0.25, -0.2) is 0 Å². The number of nitrogens with one attached hydrogen (secondary N) is 1. The molecule has 1 N–H and O–H groups in total. The summed E-state index contributed by atoms with van der Waals surface area (Å²) in [6, 6.07) is 10.1. The minimum Gasteiger partial charge on any atom is -0.373 e. The van der Waals surface area contributed by atoms with Crippen LogP contribution in [0.4, 0.5) is 5.69 Å². The van der Waals surface area contributed by atoms with E-state index in [2.05, 4.69) is 29.8 Å². The maximum Gasteiger partial charge on any atom is 0.245 e. The summed E-state index contributed by atoms with van der Waals surface area (Å²) in [5.74, 6) is 0.161. The second-order valence-electron chi connectivity index (χ2n) is 5.28. The van der Waals surface area contributed by atoms with Gasteiger partial charge in [0.2, 0.25) is 5.91 Å². The van der Waals surface area contributed by atoms with Crippen molar-refractivity contribution >= 4 is 22.9 Å². The Morgan fingerprint density at radius 1 is 1.40 bits per heavy atom. The Labute approximate surface area is 123 Å². The lowest BCUT2D eigenvalue weighted by molar-refractivity contribution is -0.131.